The van der Waals surface area contributed by atoms with Crippen molar-refractivity contribution >= 4 is 36.9 Å². The minimum Gasteiger partial charge on any atom is -0.435 e. The van der Waals surface area contributed by atoms with Crippen LogP contribution in [0.3, 0.4) is 0 Å². The molecule has 3 heterocycles. The van der Waals surface area contributed by atoms with Crippen LogP contribution in [0.5, 0.6) is 5.75 Å². The van der Waals surface area contributed by atoms with Gasteiger partial charge in [0.25, 0.3) is 10.0 Å². The van der Waals surface area contributed by atoms with Gasteiger partial charge in [0.2, 0.25) is 10.0 Å². The second-order valence-electron chi connectivity index (χ2n) is 9.83. The van der Waals surface area contributed by atoms with Crippen LogP contribution in [-0.4, -0.2) is 53.0 Å². The zero-order valence-corrected chi connectivity index (χ0v) is 23.2. The van der Waals surface area contributed by atoms with Crippen LogP contribution in [0.4, 0.5) is 8.78 Å². The highest BCUT2D eigenvalue weighted by Crippen LogP contribution is 2.36. The number of benzene rings is 2. The number of nitrogens with zero attached hydrogens (tertiary/aromatic N) is 5. The molecule has 41 heavy (non-hydrogen) atoms. The number of nitrogens with one attached hydrogen (secondary N) is 1. The number of sulfonamides is 1. The van der Waals surface area contributed by atoms with Gasteiger partial charge in [0.1, 0.15) is 11.6 Å². The number of alkyl halides is 2. The van der Waals surface area contributed by atoms with Gasteiger partial charge in [0, 0.05) is 24.2 Å². The van der Waals surface area contributed by atoms with Crippen LogP contribution in [0.2, 0.25) is 0 Å². The van der Waals surface area contributed by atoms with Gasteiger partial charge in [-0.1, -0.05) is 23.8 Å². The number of hydrogen-bond donors (Lipinski definition) is 1. The van der Waals surface area contributed by atoms with Gasteiger partial charge in [-0.3, -0.25) is 4.40 Å². The minimum absolute atomic E-state index is 0.128. The maximum atomic E-state index is 13.4. The first kappa shape index (κ1) is 27.2. The predicted molar refractivity (Wildman–Crippen MR) is 144 cm³/mol. The number of fused-ring (bicyclic) bond motifs is 3. The van der Waals surface area contributed by atoms with Gasteiger partial charge in [-0.05, 0) is 56.5 Å². The topological polar surface area (TPSA) is 138 Å². The van der Waals surface area contributed by atoms with Gasteiger partial charge < -0.3 is 4.74 Å². The van der Waals surface area contributed by atoms with Crippen molar-refractivity contribution in [2.75, 3.05) is 0 Å². The third-order valence-corrected chi connectivity index (χ3v) is 10.3. The summed E-state index contributed by atoms with van der Waals surface area (Å²) in [6, 6.07) is 12.7. The first-order chi connectivity index (χ1) is 19.5. The van der Waals surface area contributed by atoms with Crippen LogP contribution in [0.15, 0.2) is 76.8 Å². The minimum atomic E-state index is -4.01. The Kier molecular flexibility index (Phi) is 6.74. The van der Waals surface area contributed by atoms with Gasteiger partial charge in [-0.15, -0.1) is 10.2 Å². The van der Waals surface area contributed by atoms with Gasteiger partial charge in [0.15, 0.2) is 11.3 Å². The van der Waals surface area contributed by atoms with E-state index in [4.69, 9.17) is 0 Å². The Morgan fingerprint density at radius 3 is 2.54 bits per heavy atom. The van der Waals surface area contributed by atoms with E-state index in [1.807, 2.05) is 6.92 Å². The monoisotopic (exact) mass is 602 g/mol. The summed E-state index contributed by atoms with van der Waals surface area (Å²) in [5.41, 5.74) is 2.07. The fraction of sp³-hybridized carbons (Fsp3) is 0.269. The Balaban J connectivity index is 1.27. The van der Waals surface area contributed by atoms with Crippen molar-refractivity contribution in [3.63, 3.8) is 0 Å². The van der Waals surface area contributed by atoms with Crippen molar-refractivity contribution in [3.05, 3.63) is 78.4 Å². The second-order valence-corrected chi connectivity index (χ2v) is 13.4. The van der Waals surface area contributed by atoms with Crippen molar-refractivity contribution < 1.29 is 30.4 Å². The first-order valence-electron chi connectivity index (χ1n) is 12.6. The van der Waals surface area contributed by atoms with Crippen LogP contribution >= 0.6 is 0 Å². The standard InChI is InChI=1S/C26H24F2N6O5S2/c1-16-5-9-20(10-6-16)41(37,38)33-12-11-22-25(33)29-15-23-30-31-24(34(22)23)17-7-8-18(13-17)32-40(35,36)21-4-2-3-19(14-21)39-26(27)28/h2-6,9-12,14-15,17-18,26,32H,7-8,13H2,1H3/t17-,18+/m1/s1. The molecule has 3 aromatic heterocycles. The predicted octanol–water partition coefficient (Wildman–Crippen LogP) is 3.84. The van der Waals surface area contributed by atoms with E-state index >= 15 is 0 Å². The molecule has 0 radical (unpaired) electrons. The van der Waals surface area contributed by atoms with Crippen molar-refractivity contribution in [1.82, 2.24) is 28.3 Å². The van der Waals surface area contributed by atoms with Gasteiger partial charge in [0.05, 0.1) is 21.5 Å². The molecule has 5 aromatic rings. The second kappa shape index (κ2) is 10.2. The van der Waals surface area contributed by atoms with Gasteiger partial charge in [-0.25, -0.2) is 30.5 Å². The molecule has 214 valence electrons. The summed E-state index contributed by atoms with van der Waals surface area (Å²) in [5, 5.41) is 8.56. The summed E-state index contributed by atoms with van der Waals surface area (Å²) in [6.07, 6.45) is 4.38. The van der Waals surface area contributed by atoms with Gasteiger partial charge in [-0.2, -0.15) is 8.78 Å². The SMILES string of the molecule is Cc1ccc(S(=O)(=O)n2ccc3c2ncc2nnc([C@@H]4CC[C@H](NS(=O)(=O)c5cccc(OC(F)F)c5)C4)n23)cc1. The smallest absolute Gasteiger partial charge is 0.387 e. The summed E-state index contributed by atoms with van der Waals surface area (Å²) in [7, 11) is -7.93. The third kappa shape index (κ3) is 5.04. The molecule has 1 saturated carbocycles. The molecule has 1 N–H and O–H groups in total. The Morgan fingerprint density at radius 1 is 1.00 bits per heavy atom. The van der Waals surface area contributed by atoms with E-state index < -0.39 is 32.7 Å². The molecule has 2 aromatic carbocycles. The average molecular weight is 603 g/mol. The summed E-state index contributed by atoms with van der Waals surface area (Å²) < 4.78 is 87.7. The first-order valence-corrected chi connectivity index (χ1v) is 15.6. The molecule has 1 aliphatic carbocycles. The number of ether oxygens (including phenoxy) is 1. The number of aryl methyl sites for hydroxylation is 1. The van der Waals surface area contributed by atoms with E-state index in [2.05, 4.69) is 24.6 Å². The number of aromatic nitrogens is 5. The molecule has 6 rings (SSSR count). The highest BCUT2D eigenvalue weighted by atomic mass is 32.2. The summed E-state index contributed by atoms with van der Waals surface area (Å²) >= 11 is 0. The number of halogens is 2. The lowest BCUT2D eigenvalue weighted by Gasteiger charge is -2.14. The maximum Gasteiger partial charge on any atom is 0.387 e. The molecular weight excluding hydrogens is 578 g/mol. The quantitative estimate of drug-likeness (QED) is 0.283. The number of hydrogen-bond acceptors (Lipinski definition) is 8. The summed E-state index contributed by atoms with van der Waals surface area (Å²) in [6.45, 7) is -1.20. The van der Waals surface area contributed by atoms with E-state index in [9.17, 15) is 25.6 Å². The van der Waals surface area contributed by atoms with E-state index in [1.54, 1.807) is 34.7 Å². The molecule has 15 heteroatoms. The largest absolute Gasteiger partial charge is 0.435 e. The fourth-order valence-electron chi connectivity index (χ4n) is 5.16. The van der Waals surface area contributed by atoms with Crippen LogP contribution in [-0.2, 0) is 20.0 Å². The lowest BCUT2D eigenvalue weighted by atomic mass is 10.1. The molecule has 0 unspecified atom stereocenters. The lowest BCUT2D eigenvalue weighted by Crippen LogP contribution is -2.33. The van der Waals surface area contributed by atoms with E-state index in [0.717, 1.165) is 15.6 Å². The van der Waals surface area contributed by atoms with Crippen molar-refractivity contribution in [1.29, 1.82) is 0 Å². The Labute approximate surface area is 233 Å². The summed E-state index contributed by atoms with van der Waals surface area (Å²) in [4.78, 5) is 4.30. The Morgan fingerprint density at radius 2 is 1.78 bits per heavy atom. The van der Waals surface area contributed by atoms with E-state index in [1.165, 1.54) is 30.6 Å². The Hall–Kier alpha value is -3.95. The normalized spacial score (nSPS) is 18.0. The zero-order chi connectivity index (χ0) is 28.9. The molecular formula is C26H24F2N6O5S2. The molecule has 2 atom stereocenters. The molecule has 0 spiro atoms. The van der Waals surface area contributed by atoms with Crippen LogP contribution in [0, 0.1) is 6.92 Å². The fourth-order valence-corrected chi connectivity index (χ4v) is 7.78. The van der Waals surface area contributed by atoms with Crippen LogP contribution in [0.1, 0.15) is 36.6 Å². The third-order valence-electron chi connectivity index (χ3n) is 7.10. The highest BCUT2D eigenvalue weighted by molar-refractivity contribution is 7.90. The molecule has 0 bridgehead atoms. The molecule has 1 aliphatic rings. The lowest BCUT2D eigenvalue weighted by molar-refractivity contribution is -0.0500. The van der Waals surface area contributed by atoms with E-state index in [-0.39, 0.29) is 27.1 Å². The zero-order valence-electron chi connectivity index (χ0n) is 21.6. The highest BCUT2D eigenvalue weighted by Gasteiger charge is 2.33. The van der Waals surface area contributed by atoms with Crippen molar-refractivity contribution in [2.45, 2.75) is 54.5 Å². The Bertz CT molecular complexity index is 1970. The van der Waals surface area contributed by atoms with Crippen molar-refractivity contribution in [3.8, 4) is 5.75 Å². The number of rotatable bonds is 8. The van der Waals surface area contributed by atoms with Crippen LogP contribution in [0.25, 0.3) is 16.8 Å². The molecule has 11 nitrogen and oxygen atoms in total. The molecule has 1 fully saturated rings. The average Bonchev–Trinajstić information content (AvgIpc) is 3.66. The van der Waals surface area contributed by atoms with E-state index in [0.29, 0.717) is 36.3 Å². The van der Waals surface area contributed by atoms with Gasteiger partial charge >= 0.3 is 6.61 Å². The van der Waals surface area contributed by atoms with Crippen LogP contribution < -0.4 is 9.46 Å². The summed E-state index contributed by atoms with van der Waals surface area (Å²) in [5.74, 6) is 0.122. The van der Waals surface area contributed by atoms with Crippen molar-refractivity contribution in [2.24, 2.45) is 0 Å². The molecule has 0 saturated heterocycles. The molecule has 0 amide bonds. The maximum absolute atomic E-state index is 13.4. The molecule has 0 aliphatic heterocycles.